The van der Waals surface area contributed by atoms with E-state index < -0.39 is 0 Å². The van der Waals surface area contributed by atoms with Gasteiger partial charge in [-0.2, -0.15) is 0 Å². The molecule has 0 atom stereocenters. The monoisotopic (exact) mass is 435 g/mol. The average molecular weight is 436 g/mol. The van der Waals surface area contributed by atoms with E-state index in [1.54, 1.807) is 0 Å². The standard InChI is InChI=1S/C22H34ClN5O2/c1-22(2,3)24-20(29)16-25-9-13-28(14-10-25)21(30)17-26-7-11-27(12-8-26)19-6-4-5-18(23)15-19/h4-6,15H,7-14,16-17H2,1-3H3,(H,24,29). The number of nitrogens with zero attached hydrogens (tertiary/aromatic N) is 4. The molecule has 0 saturated carbocycles. The number of rotatable bonds is 5. The maximum atomic E-state index is 12.7. The number of piperazine rings is 2. The molecule has 0 radical (unpaired) electrons. The molecule has 2 fully saturated rings. The first-order valence-electron chi connectivity index (χ1n) is 10.7. The number of halogens is 1. The summed E-state index contributed by atoms with van der Waals surface area (Å²) in [6.45, 7) is 13.2. The number of benzene rings is 1. The molecule has 1 aromatic rings. The fourth-order valence-corrected chi connectivity index (χ4v) is 4.13. The second kappa shape index (κ2) is 9.98. The summed E-state index contributed by atoms with van der Waals surface area (Å²) < 4.78 is 0. The molecule has 2 aliphatic heterocycles. The number of nitrogens with one attached hydrogen (secondary N) is 1. The quantitative estimate of drug-likeness (QED) is 0.760. The Morgan fingerprint density at radius 1 is 0.933 bits per heavy atom. The van der Waals surface area contributed by atoms with Crippen LogP contribution in [0.5, 0.6) is 0 Å². The van der Waals surface area contributed by atoms with Crippen molar-refractivity contribution in [2.45, 2.75) is 26.3 Å². The van der Waals surface area contributed by atoms with Crippen LogP contribution in [0.3, 0.4) is 0 Å². The van der Waals surface area contributed by atoms with Gasteiger partial charge < -0.3 is 15.1 Å². The van der Waals surface area contributed by atoms with Crippen molar-refractivity contribution in [1.82, 2.24) is 20.0 Å². The first-order chi connectivity index (χ1) is 14.2. The van der Waals surface area contributed by atoms with E-state index in [2.05, 4.69) is 26.1 Å². The van der Waals surface area contributed by atoms with Crippen LogP contribution in [0.1, 0.15) is 20.8 Å². The lowest BCUT2D eigenvalue weighted by atomic mass is 10.1. The van der Waals surface area contributed by atoms with Crippen LogP contribution in [0.25, 0.3) is 0 Å². The second-order valence-electron chi connectivity index (χ2n) is 9.20. The van der Waals surface area contributed by atoms with Crippen molar-refractivity contribution in [3.63, 3.8) is 0 Å². The number of anilines is 1. The largest absolute Gasteiger partial charge is 0.369 e. The minimum atomic E-state index is -0.217. The van der Waals surface area contributed by atoms with Gasteiger partial charge in [0.1, 0.15) is 0 Å². The summed E-state index contributed by atoms with van der Waals surface area (Å²) in [5, 5.41) is 3.74. The van der Waals surface area contributed by atoms with Gasteiger partial charge in [0.2, 0.25) is 11.8 Å². The topological polar surface area (TPSA) is 59.1 Å². The Kier molecular flexibility index (Phi) is 7.60. The van der Waals surface area contributed by atoms with Gasteiger partial charge in [0.25, 0.3) is 0 Å². The Bertz CT molecular complexity index is 735. The average Bonchev–Trinajstić information content (AvgIpc) is 2.67. The van der Waals surface area contributed by atoms with Crippen LogP contribution in [0.15, 0.2) is 24.3 Å². The molecule has 0 spiro atoms. The maximum absolute atomic E-state index is 12.7. The van der Waals surface area contributed by atoms with Crippen LogP contribution < -0.4 is 10.2 Å². The minimum Gasteiger partial charge on any atom is -0.369 e. The van der Waals surface area contributed by atoms with Gasteiger partial charge >= 0.3 is 0 Å². The summed E-state index contributed by atoms with van der Waals surface area (Å²) >= 11 is 6.10. The zero-order valence-corrected chi connectivity index (χ0v) is 19.1. The lowest BCUT2D eigenvalue weighted by Gasteiger charge is -2.38. The number of carbonyl (C=O) groups is 2. The molecule has 2 saturated heterocycles. The van der Waals surface area contributed by atoms with Gasteiger partial charge in [0, 0.05) is 68.6 Å². The molecular weight excluding hydrogens is 402 g/mol. The molecule has 2 aliphatic rings. The SMILES string of the molecule is CC(C)(C)NC(=O)CN1CCN(C(=O)CN2CCN(c3cccc(Cl)c3)CC2)CC1. The highest BCUT2D eigenvalue weighted by atomic mass is 35.5. The van der Waals surface area contributed by atoms with E-state index in [1.165, 1.54) is 0 Å². The Labute approximate surface area is 184 Å². The summed E-state index contributed by atoms with van der Waals surface area (Å²) in [6.07, 6.45) is 0. The van der Waals surface area contributed by atoms with Crippen LogP contribution in [0.4, 0.5) is 5.69 Å². The van der Waals surface area contributed by atoms with Crippen molar-refractivity contribution in [3.05, 3.63) is 29.3 Å². The highest BCUT2D eigenvalue weighted by Crippen LogP contribution is 2.20. The van der Waals surface area contributed by atoms with Crippen molar-refractivity contribution in [2.75, 3.05) is 70.3 Å². The highest BCUT2D eigenvalue weighted by Gasteiger charge is 2.26. The van der Waals surface area contributed by atoms with Crippen LogP contribution in [-0.2, 0) is 9.59 Å². The molecule has 0 bridgehead atoms. The lowest BCUT2D eigenvalue weighted by molar-refractivity contribution is -0.134. The minimum absolute atomic E-state index is 0.0415. The zero-order chi connectivity index (χ0) is 21.7. The summed E-state index contributed by atoms with van der Waals surface area (Å²) in [5.41, 5.74) is 0.922. The first-order valence-corrected chi connectivity index (χ1v) is 11.1. The van der Waals surface area contributed by atoms with Crippen molar-refractivity contribution < 1.29 is 9.59 Å². The zero-order valence-electron chi connectivity index (χ0n) is 18.4. The number of hydrogen-bond donors (Lipinski definition) is 1. The van der Waals surface area contributed by atoms with Crippen LogP contribution in [-0.4, -0.2) is 97.5 Å². The Balaban J connectivity index is 1.38. The first kappa shape index (κ1) is 22.8. The summed E-state index contributed by atoms with van der Waals surface area (Å²) in [7, 11) is 0. The molecule has 166 valence electrons. The second-order valence-corrected chi connectivity index (χ2v) is 9.63. The molecule has 2 heterocycles. The molecule has 1 aromatic carbocycles. The predicted molar refractivity (Wildman–Crippen MR) is 121 cm³/mol. The van der Waals surface area contributed by atoms with E-state index in [9.17, 15) is 9.59 Å². The van der Waals surface area contributed by atoms with Gasteiger partial charge in [-0.1, -0.05) is 17.7 Å². The van der Waals surface area contributed by atoms with Crippen molar-refractivity contribution in [3.8, 4) is 0 Å². The molecule has 0 unspecified atom stereocenters. The van der Waals surface area contributed by atoms with Crippen LogP contribution >= 0.6 is 11.6 Å². The Hall–Kier alpha value is -1.83. The molecule has 2 amide bonds. The van der Waals surface area contributed by atoms with Gasteiger partial charge in [-0.25, -0.2) is 0 Å². The molecule has 3 rings (SSSR count). The fraction of sp³-hybridized carbons (Fsp3) is 0.636. The molecule has 0 aromatic heterocycles. The lowest BCUT2D eigenvalue weighted by Crippen LogP contribution is -2.55. The van der Waals surface area contributed by atoms with Gasteiger partial charge in [0.05, 0.1) is 13.1 Å². The number of carbonyl (C=O) groups excluding carboxylic acids is 2. The fourth-order valence-electron chi connectivity index (χ4n) is 3.94. The Morgan fingerprint density at radius 3 is 2.13 bits per heavy atom. The van der Waals surface area contributed by atoms with E-state index in [4.69, 9.17) is 11.6 Å². The van der Waals surface area contributed by atoms with Crippen LogP contribution in [0, 0.1) is 0 Å². The van der Waals surface area contributed by atoms with Gasteiger partial charge in [-0.3, -0.25) is 19.4 Å². The molecule has 8 heteroatoms. The molecule has 7 nitrogen and oxygen atoms in total. The van der Waals surface area contributed by atoms with Crippen molar-refractivity contribution in [1.29, 1.82) is 0 Å². The number of hydrogen-bond acceptors (Lipinski definition) is 5. The normalized spacial score (nSPS) is 19.1. The third kappa shape index (κ3) is 6.86. The molecule has 1 N–H and O–H groups in total. The van der Waals surface area contributed by atoms with E-state index in [-0.39, 0.29) is 17.4 Å². The molecule has 30 heavy (non-hydrogen) atoms. The van der Waals surface area contributed by atoms with Crippen molar-refractivity contribution in [2.24, 2.45) is 0 Å². The van der Waals surface area contributed by atoms with Crippen molar-refractivity contribution >= 4 is 29.1 Å². The molecular formula is C22H34ClN5O2. The van der Waals surface area contributed by atoms with Gasteiger partial charge in [-0.05, 0) is 39.0 Å². The highest BCUT2D eigenvalue weighted by molar-refractivity contribution is 6.30. The van der Waals surface area contributed by atoms with E-state index >= 15 is 0 Å². The summed E-state index contributed by atoms with van der Waals surface area (Å²) in [6, 6.07) is 7.92. The number of amides is 2. The summed E-state index contributed by atoms with van der Waals surface area (Å²) in [4.78, 5) is 33.4. The maximum Gasteiger partial charge on any atom is 0.236 e. The third-order valence-electron chi connectivity index (χ3n) is 5.51. The predicted octanol–water partition coefficient (Wildman–Crippen LogP) is 1.52. The molecule has 0 aliphatic carbocycles. The van der Waals surface area contributed by atoms with Crippen LogP contribution in [0.2, 0.25) is 5.02 Å². The third-order valence-corrected chi connectivity index (χ3v) is 5.75. The Morgan fingerprint density at radius 2 is 1.53 bits per heavy atom. The van der Waals surface area contributed by atoms with E-state index in [0.717, 1.165) is 50.0 Å². The smallest absolute Gasteiger partial charge is 0.236 e. The van der Waals surface area contributed by atoms with E-state index in [0.29, 0.717) is 26.2 Å². The van der Waals surface area contributed by atoms with Gasteiger partial charge in [-0.15, -0.1) is 0 Å². The van der Waals surface area contributed by atoms with Gasteiger partial charge in [0.15, 0.2) is 0 Å². The summed E-state index contributed by atoms with van der Waals surface area (Å²) in [5.74, 6) is 0.227. The van der Waals surface area contributed by atoms with E-state index in [1.807, 2.05) is 43.9 Å².